The number of amides is 1. The third kappa shape index (κ3) is 4.51. The summed E-state index contributed by atoms with van der Waals surface area (Å²) in [6.45, 7) is 2.04. The number of rotatable bonds is 4. The molecule has 116 valence electrons. The molecule has 0 aliphatic heterocycles. The zero-order valence-electron chi connectivity index (χ0n) is 12.4. The first-order chi connectivity index (χ1) is 11.0. The summed E-state index contributed by atoms with van der Waals surface area (Å²) in [5.41, 5.74) is 1.76. The highest BCUT2D eigenvalue weighted by molar-refractivity contribution is 9.10. The van der Waals surface area contributed by atoms with Crippen LogP contribution in [0, 0.1) is 17.1 Å². The van der Waals surface area contributed by atoms with Gasteiger partial charge >= 0.3 is 0 Å². The molecular formula is C18H14BrFN2O. The number of carbonyl (C=O) groups excluding carboxylic acids is 1. The number of nitrogens with zero attached hydrogens (tertiary/aromatic N) is 1. The van der Waals surface area contributed by atoms with Gasteiger partial charge in [0.1, 0.15) is 17.5 Å². The lowest BCUT2D eigenvalue weighted by Crippen LogP contribution is -2.13. The van der Waals surface area contributed by atoms with Crippen molar-refractivity contribution in [2.45, 2.75) is 13.3 Å². The molecular weight excluding hydrogens is 359 g/mol. The highest BCUT2D eigenvalue weighted by Gasteiger charge is 2.11. The second kappa shape index (κ2) is 7.70. The third-order valence-corrected chi connectivity index (χ3v) is 3.74. The van der Waals surface area contributed by atoms with Crippen LogP contribution in [0.3, 0.4) is 0 Å². The molecule has 0 bridgehead atoms. The lowest BCUT2D eigenvalue weighted by Gasteiger charge is -2.05. The molecule has 5 heteroatoms. The molecule has 2 aromatic rings. The SMILES string of the molecule is CCc1ccc(NC(=O)/C(C#N)=C/c2ccc(Br)cc2F)cc1. The van der Waals surface area contributed by atoms with Crippen molar-refractivity contribution in [2.24, 2.45) is 0 Å². The van der Waals surface area contributed by atoms with Gasteiger partial charge in [-0.15, -0.1) is 0 Å². The Hall–Kier alpha value is -2.45. The van der Waals surface area contributed by atoms with E-state index in [4.69, 9.17) is 5.26 Å². The summed E-state index contributed by atoms with van der Waals surface area (Å²) in [5, 5.41) is 11.8. The molecule has 0 radical (unpaired) electrons. The van der Waals surface area contributed by atoms with Crippen LogP contribution in [0.25, 0.3) is 6.08 Å². The van der Waals surface area contributed by atoms with E-state index in [1.165, 1.54) is 18.2 Å². The van der Waals surface area contributed by atoms with E-state index < -0.39 is 11.7 Å². The fraction of sp³-hybridized carbons (Fsp3) is 0.111. The zero-order chi connectivity index (χ0) is 16.8. The Morgan fingerprint density at radius 2 is 2.00 bits per heavy atom. The maximum absolute atomic E-state index is 13.8. The second-order valence-corrected chi connectivity index (χ2v) is 5.76. The second-order valence-electron chi connectivity index (χ2n) is 4.84. The van der Waals surface area contributed by atoms with Crippen molar-refractivity contribution >= 4 is 33.6 Å². The van der Waals surface area contributed by atoms with Crippen LogP contribution in [0.5, 0.6) is 0 Å². The summed E-state index contributed by atoms with van der Waals surface area (Å²) >= 11 is 3.16. The van der Waals surface area contributed by atoms with Crippen LogP contribution < -0.4 is 5.32 Å². The molecule has 0 spiro atoms. The Labute approximate surface area is 142 Å². The fourth-order valence-electron chi connectivity index (χ4n) is 1.94. The first-order valence-electron chi connectivity index (χ1n) is 7.00. The van der Waals surface area contributed by atoms with Crippen LogP contribution in [-0.4, -0.2) is 5.91 Å². The topological polar surface area (TPSA) is 52.9 Å². The average molecular weight is 373 g/mol. The molecule has 0 atom stereocenters. The minimum Gasteiger partial charge on any atom is -0.321 e. The summed E-state index contributed by atoms with van der Waals surface area (Å²) in [4.78, 5) is 12.1. The van der Waals surface area contributed by atoms with Crippen molar-refractivity contribution in [3.63, 3.8) is 0 Å². The summed E-state index contributed by atoms with van der Waals surface area (Å²) in [7, 11) is 0. The number of nitrogens with one attached hydrogen (secondary N) is 1. The van der Waals surface area contributed by atoms with Crippen molar-refractivity contribution in [2.75, 3.05) is 5.32 Å². The first kappa shape index (κ1) is 16.9. The molecule has 0 saturated carbocycles. The van der Waals surface area contributed by atoms with Crippen LogP contribution >= 0.6 is 15.9 Å². The van der Waals surface area contributed by atoms with Gasteiger partial charge in [-0.3, -0.25) is 4.79 Å². The van der Waals surface area contributed by atoms with Gasteiger partial charge in [-0.2, -0.15) is 5.26 Å². The molecule has 0 fully saturated rings. The molecule has 1 amide bonds. The first-order valence-corrected chi connectivity index (χ1v) is 7.80. The monoisotopic (exact) mass is 372 g/mol. The smallest absolute Gasteiger partial charge is 0.266 e. The molecule has 23 heavy (non-hydrogen) atoms. The lowest BCUT2D eigenvalue weighted by atomic mass is 10.1. The van der Waals surface area contributed by atoms with Gasteiger partial charge in [0.15, 0.2) is 0 Å². The predicted molar refractivity (Wildman–Crippen MR) is 92.1 cm³/mol. The Kier molecular flexibility index (Phi) is 5.67. The van der Waals surface area contributed by atoms with Crippen LogP contribution in [0.15, 0.2) is 52.5 Å². The number of halogens is 2. The van der Waals surface area contributed by atoms with Crippen molar-refractivity contribution in [1.29, 1.82) is 5.26 Å². The fourth-order valence-corrected chi connectivity index (χ4v) is 2.28. The third-order valence-electron chi connectivity index (χ3n) is 3.25. The number of hydrogen-bond donors (Lipinski definition) is 1. The Bertz CT molecular complexity index is 792. The summed E-state index contributed by atoms with van der Waals surface area (Å²) < 4.78 is 14.4. The molecule has 0 unspecified atom stereocenters. The highest BCUT2D eigenvalue weighted by atomic mass is 79.9. The summed E-state index contributed by atoms with van der Waals surface area (Å²) in [5.74, 6) is -1.08. The van der Waals surface area contributed by atoms with E-state index in [0.29, 0.717) is 10.2 Å². The Balaban J connectivity index is 2.20. The molecule has 0 aliphatic carbocycles. The van der Waals surface area contributed by atoms with Crippen molar-refractivity contribution in [3.8, 4) is 6.07 Å². The van der Waals surface area contributed by atoms with Gasteiger partial charge < -0.3 is 5.32 Å². The van der Waals surface area contributed by atoms with Crippen molar-refractivity contribution < 1.29 is 9.18 Å². The Morgan fingerprint density at radius 3 is 2.57 bits per heavy atom. The summed E-state index contributed by atoms with van der Waals surface area (Å²) in [6.07, 6.45) is 2.14. The zero-order valence-corrected chi connectivity index (χ0v) is 14.0. The van der Waals surface area contributed by atoms with Gasteiger partial charge in [0.2, 0.25) is 0 Å². The maximum Gasteiger partial charge on any atom is 0.266 e. The van der Waals surface area contributed by atoms with Gasteiger partial charge in [-0.1, -0.05) is 41.1 Å². The van der Waals surface area contributed by atoms with Gasteiger partial charge in [-0.05, 0) is 42.3 Å². The standard InChI is InChI=1S/C18H14BrFN2O/c1-2-12-3-7-16(8-4-12)22-18(23)14(11-21)9-13-5-6-15(19)10-17(13)20/h3-10H,2H2,1H3,(H,22,23)/b14-9+. The van der Waals surface area contributed by atoms with E-state index in [2.05, 4.69) is 21.2 Å². The quantitative estimate of drug-likeness (QED) is 0.624. The van der Waals surface area contributed by atoms with Crippen LogP contribution in [-0.2, 0) is 11.2 Å². The van der Waals surface area contributed by atoms with Crippen LogP contribution in [0.4, 0.5) is 10.1 Å². The van der Waals surface area contributed by atoms with E-state index in [1.54, 1.807) is 24.3 Å². The molecule has 0 aromatic heterocycles. The van der Waals surface area contributed by atoms with Gasteiger partial charge in [0, 0.05) is 15.7 Å². The van der Waals surface area contributed by atoms with Gasteiger partial charge in [-0.25, -0.2) is 4.39 Å². The molecule has 3 nitrogen and oxygen atoms in total. The number of anilines is 1. The molecule has 1 N–H and O–H groups in total. The predicted octanol–water partition coefficient (Wildman–Crippen LogP) is 4.70. The van der Waals surface area contributed by atoms with E-state index >= 15 is 0 Å². The molecule has 0 heterocycles. The van der Waals surface area contributed by atoms with Crippen molar-refractivity contribution in [1.82, 2.24) is 0 Å². The number of carbonyl (C=O) groups is 1. The van der Waals surface area contributed by atoms with E-state index in [9.17, 15) is 9.18 Å². The number of aryl methyl sites for hydroxylation is 1. The van der Waals surface area contributed by atoms with Crippen molar-refractivity contribution in [3.05, 3.63) is 69.5 Å². The molecule has 0 aliphatic rings. The Morgan fingerprint density at radius 1 is 1.30 bits per heavy atom. The van der Waals surface area contributed by atoms with E-state index in [-0.39, 0.29) is 11.1 Å². The minimum absolute atomic E-state index is 0.161. The maximum atomic E-state index is 13.8. The largest absolute Gasteiger partial charge is 0.321 e. The normalized spacial score (nSPS) is 11.0. The highest BCUT2D eigenvalue weighted by Crippen LogP contribution is 2.18. The van der Waals surface area contributed by atoms with E-state index in [1.807, 2.05) is 19.1 Å². The number of nitriles is 1. The average Bonchev–Trinajstić information content (AvgIpc) is 2.54. The number of benzene rings is 2. The minimum atomic E-state index is -0.570. The lowest BCUT2D eigenvalue weighted by molar-refractivity contribution is -0.112. The van der Waals surface area contributed by atoms with Gasteiger partial charge in [0.05, 0.1) is 0 Å². The van der Waals surface area contributed by atoms with Gasteiger partial charge in [0.25, 0.3) is 5.91 Å². The molecule has 0 saturated heterocycles. The van der Waals surface area contributed by atoms with E-state index in [0.717, 1.165) is 12.0 Å². The number of hydrogen-bond acceptors (Lipinski definition) is 2. The summed E-state index contributed by atoms with van der Waals surface area (Å²) in [6, 6.07) is 13.6. The van der Waals surface area contributed by atoms with Crippen LogP contribution in [0.2, 0.25) is 0 Å². The molecule has 2 aromatic carbocycles. The molecule has 2 rings (SSSR count). The van der Waals surface area contributed by atoms with Crippen LogP contribution in [0.1, 0.15) is 18.1 Å².